The van der Waals surface area contributed by atoms with Crippen molar-refractivity contribution < 1.29 is 33.1 Å². The zero-order chi connectivity index (χ0) is 43.1. The number of aromatic nitrogens is 4. The van der Waals surface area contributed by atoms with Crippen LogP contribution in [0.3, 0.4) is 0 Å². The van der Waals surface area contributed by atoms with Crippen LogP contribution in [0.25, 0.3) is 55.3 Å². The Balaban J connectivity index is 1.02. The van der Waals surface area contributed by atoms with Crippen molar-refractivity contribution in [3.05, 3.63) is 82.7 Å². The first kappa shape index (κ1) is 41.0. The quantitative estimate of drug-likeness (QED) is 0.112. The van der Waals surface area contributed by atoms with E-state index >= 15 is 0 Å². The second kappa shape index (κ2) is 16.7. The number of carbonyl (C=O) groups excluding carboxylic acids is 4. The molecule has 0 aliphatic carbocycles. The van der Waals surface area contributed by atoms with Gasteiger partial charge >= 0.3 is 12.2 Å². The van der Waals surface area contributed by atoms with E-state index in [-0.39, 0.29) is 41.2 Å². The van der Waals surface area contributed by atoms with Crippen molar-refractivity contribution in [3.8, 4) is 22.3 Å². The second-order valence-electron chi connectivity index (χ2n) is 16.5. The number of ether oxygens (including phenoxy) is 2. The minimum Gasteiger partial charge on any atom is -0.463 e. The van der Waals surface area contributed by atoms with Crippen LogP contribution in [-0.4, -0.2) is 93.1 Å². The summed E-state index contributed by atoms with van der Waals surface area (Å²) < 4.78 is 15.6. The molecule has 2 fully saturated rings. The van der Waals surface area contributed by atoms with Crippen molar-refractivity contribution in [1.82, 2.24) is 40.4 Å². The molecule has 0 radical (unpaired) electrons. The van der Waals surface area contributed by atoms with Gasteiger partial charge in [-0.2, -0.15) is 0 Å². The molecule has 16 heteroatoms. The lowest BCUT2D eigenvalue weighted by molar-refractivity contribution is -0.136. The highest BCUT2D eigenvalue weighted by atomic mass is 16.5. The Bertz CT molecular complexity index is 2720. The summed E-state index contributed by atoms with van der Waals surface area (Å²) in [6, 6.07) is 14.9. The van der Waals surface area contributed by atoms with E-state index in [1.165, 1.54) is 20.5 Å². The number of alkyl carbamates (subject to hydrolysis) is 2. The molecular weight excluding hydrogens is 781 g/mol. The van der Waals surface area contributed by atoms with Crippen LogP contribution in [0.1, 0.15) is 77.1 Å². The summed E-state index contributed by atoms with van der Waals surface area (Å²) in [5.74, 6) is 0.676. The Hall–Kier alpha value is -6.71. The number of nitrogens with zero attached hydrogens (tertiary/aromatic N) is 4. The highest BCUT2D eigenvalue weighted by molar-refractivity contribution is 5.91. The Morgan fingerprint density at radius 2 is 1.18 bits per heavy atom. The van der Waals surface area contributed by atoms with Gasteiger partial charge in [-0.15, -0.1) is 0 Å². The fourth-order valence-corrected chi connectivity index (χ4v) is 8.61. The van der Waals surface area contributed by atoms with Gasteiger partial charge in [0.1, 0.15) is 35.6 Å². The number of benzene rings is 3. The van der Waals surface area contributed by atoms with Gasteiger partial charge in [-0.3, -0.25) is 14.4 Å². The van der Waals surface area contributed by atoms with E-state index in [4.69, 9.17) is 23.9 Å². The van der Waals surface area contributed by atoms with Crippen molar-refractivity contribution in [2.75, 3.05) is 27.3 Å². The van der Waals surface area contributed by atoms with E-state index in [1.54, 1.807) is 15.9 Å². The number of hydrogen-bond donors (Lipinski definition) is 4. The van der Waals surface area contributed by atoms with Crippen molar-refractivity contribution in [2.45, 2.75) is 77.5 Å². The first-order chi connectivity index (χ1) is 29.3. The molecule has 8 rings (SSSR count). The molecule has 4 amide bonds. The molecule has 0 spiro atoms. The molecule has 4 N–H and O–H groups in total. The van der Waals surface area contributed by atoms with Crippen LogP contribution >= 0.6 is 0 Å². The molecule has 3 aromatic carbocycles. The minimum atomic E-state index is -0.739. The molecule has 61 heavy (non-hydrogen) atoms. The number of hydrogen-bond acceptors (Lipinski definition) is 10. The smallest absolute Gasteiger partial charge is 0.407 e. The third-order valence-corrected chi connectivity index (χ3v) is 11.9. The van der Waals surface area contributed by atoms with Crippen LogP contribution in [0.4, 0.5) is 9.59 Å². The monoisotopic (exact) mass is 830 g/mol. The van der Waals surface area contributed by atoms with Gasteiger partial charge in [0.05, 0.1) is 59.3 Å². The van der Waals surface area contributed by atoms with Crippen molar-refractivity contribution in [1.29, 1.82) is 0 Å². The molecule has 5 heterocycles. The summed E-state index contributed by atoms with van der Waals surface area (Å²) in [5.41, 5.74) is 6.03. The van der Waals surface area contributed by atoms with E-state index in [0.717, 1.165) is 46.9 Å². The number of nitrogens with one attached hydrogen (secondary N) is 4. The second-order valence-corrected chi connectivity index (χ2v) is 16.5. The van der Waals surface area contributed by atoms with E-state index in [2.05, 4.69) is 20.6 Å². The molecule has 2 aliphatic rings. The Morgan fingerprint density at radius 3 is 1.69 bits per heavy atom. The summed E-state index contributed by atoms with van der Waals surface area (Å²) in [6.45, 7) is 8.62. The number of aromatic amines is 2. The maximum absolute atomic E-state index is 14.0. The standard InChI is InChI=1S/C45H50N8O8/c1-23(2)37(50-44(57)59-5)42(55)52-17-7-9-34(52)40-46-30-15-12-25(19-32(30)48-40)26-11-14-28-36(21-26)61-22-29(39(28)54)27-13-16-31-33(20-27)49-41(47-31)35-10-8-18-53(35)43(56)38(24(3)4)51-45(58)60-6/h11-16,19-24,34-35,37-38H,7-10,17-18H2,1-6H3,(H,46,48)(H,47,49)(H,50,57)(H,51,58). The maximum atomic E-state index is 14.0. The third kappa shape index (κ3) is 7.89. The molecule has 4 unspecified atom stereocenters. The number of methoxy groups -OCH3 is 2. The predicted octanol–water partition coefficient (Wildman–Crippen LogP) is 6.97. The molecular formula is C45H50N8O8. The summed E-state index contributed by atoms with van der Waals surface area (Å²) in [5, 5.41) is 5.80. The van der Waals surface area contributed by atoms with Gasteiger partial charge in [-0.25, -0.2) is 19.6 Å². The first-order valence-electron chi connectivity index (χ1n) is 20.7. The molecule has 4 atom stereocenters. The van der Waals surface area contributed by atoms with Gasteiger partial charge in [0.25, 0.3) is 0 Å². The number of carbonyl (C=O) groups is 4. The van der Waals surface area contributed by atoms with Crippen LogP contribution in [-0.2, 0) is 19.1 Å². The summed E-state index contributed by atoms with van der Waals surface area (Å²) in [7, 11) is 2.55. The lowest BCUT2D eigenvalue weighted by Gasteiger charge is -2.29. The fourth-order valence-electron chi connectivity index (χ4n) is 8.61. The SMILES string of the molecule is COC(=O)NC(C(=O)N1CCCC1c1nc2ccc(-c3ccc4c(=O)c(-c5ccc6nc(C7CCCN7C(=O)C(NC(=O)OC)C(C)C)[nH]c6c5)coc4c3)cc2[nH]1)C(C)C. The first-order valence-corrected chi connectivity index (χ1v) is 20.7. The average molecular weight is 831 g/mol. The van der Waals surface area contributed by atoms with E-state index in [9.17, 15) is 24.0 Å². The molecule has 2 aliphatic heterocycles. The number of rotatable bonds is 10. The maximum Gasteiger partial charge on any atom is 0.407 e. The van der Waals surface area contributed by atoms with Crippen LogP contribution in [0, 0.1) is 11.8 Å². The van der Waals surface area contributed by atoms with Gasteiger partial charge in [-0.05, 0) is 90.6 Å². The Labute approximate surface area is 351 Å². The average Bonchev–Trinajstić information content (AvgIpc) is 4.09. The van der Waals surface area contributed by atoms with Crippen LogP contribution in [0.5, 0.6) is 0 Å². The lowest BCUT2D eigenvalue weighted by Crippen LogP contribution is -2.51. The van der Waals surface area contributed by atoms with Gasteiger partial charge in [0, 0.05) is 13.1 Å². The highest BCUT2D eigenvalue weighted by Gasteiger charge is 2.39. The van der Waals surface area contributed by atoms with Crippen LogP contribution in [0.15, 0.2) is 70.1 Å². The zero-order valence-corrected chi connectivity index (χ0v) is 35.0. The molecule has 2 saturated heterocycles. The number of imidazole rings is 2. The topological polar surface area (TPSA) is 205 Å². The summed E-state index contributed by atoms with van der Waals surface area (Å²) in [4.78, 5) is 85.4. The fraction of sp³-hybridized carbons (Fsp3) is 0.400. The Morgan fingerprint density at radius 1 is 0.705 bits per heavy atom. The number of fused-ring (bicyclic) bond motifs is 3. The van der Waals surface area contributed by atoms with E-state index in [0.29, 0.717) is 58.8 Å². The molecule has 16 nitrogen and oxygen atoms in total. The molecule has 0 saturated carbocycles. The van der Waals surface area contributed by atoms with E-state index < -0.39 is 24.3 Å². The molecule has 318 valence electrons. The van der Waals surface area contributed by atoms with E-state index in [1.807, 2.05) is 76.2 Å². The number of amides is 4. The molecule has 0 bridgehead atoms. The molecule has 3 aromatic heterocycles. The largest absolute Gasteiger partial charge is 0.463 e. The summed E-state index contributed by atoms with van der Waals surface area (Å²) >= 11 is 0. The van der Waals surface area contributed by atoms with Crippen LogP contribution < -0.4 is 16.1 Å². The van der Waals surface area contributed by atoms with Crippen molar-refractivity contribution in [3.63, 3.8) is 0 Å². The van der Waals surface area contributed by atoms with Gasteiger partial charge < -0.3 is 44.3 Å². The van der Waals surface area contributed by atoms with Gasteiger partial charge in [0.2, 0.25) is 11.8 Å². The van der Waals surface area contributed by atoms with Crippen LogP contribution in [0.2, 0.25) is 0 Å². The third-order valence-electron chi connectivity index (χ3n) is 11.9. The zero-order valence-electron chi connectivity index (χ0n) is 35.0. The lowest BCUT2D eigenvalue weighted by atomic mass is 10.0. The Kier molecular flexibility index (Phi) is 11.3. The number of H-pyrrole nitrogens is 2. The highest BCUT2D eigenvalue weighted by Crippen LogP contribution is 2.36. The molecule has 6 aromatic rings. The predicted molar refractivity (Wildman–Crippen MR) is 228 cm³/mol. The van der Waals surface area contributed by atoms with Crippen molar-refractivity contribution in [2.24, 2.45) is 11.8 Å². The van der Waals surface area contributed by atoms with Crippen molar-refractivity contribution >= 4 is 57.0 Å². The normalized spacial score (nSPS) is 17.7. The van der Waals surface area contributed by atoms with Gasteiger partial charge in [-0.1, -0.05) is 45.9 Å². The minimum absolute atomic E-state index is 0.137. The van der Waals surface area contributed by atoms with Gasteiger partial charge in [0.15, 0.2) is 5.43 Å². The number of likely N-dealkylation sites (tertiary alicyclic amines) is 2. The summed E-state index contributed by atoms with van der Waals surface area (Å²) in [6.07, 6.45) is 3.24.